The van der Waals surface area contributed by atoms with Gasteiger partial charge in [-0.25, -0.2) is 0 Å². The van der Waals surface area contributed by atoms with Crippen molar-refractivity contribution in [1.82, 2.24) is 0 Å². The van der Waals surface area contributed by atoms with Crippen molar-refractivity contribution < 1.29 is 52.7 Å². The molecule has 0 aromatic carbocycles. The summed E-state index contributed by atoms with van der Waals surface area (Å²) in [6, 6.07) is 0. The average molecular weight is 207 g/mol. The van der Waals surface area contributed by atoms with Crippen LogP contribution in [0.2, 0.25) is 0 Å². The quantitative estimate of drug-likeness (QED) is 0.475. The molecule has 4 heteroatoms. The van der Waals surface area contributed by atoms with Gasteiger partial charge in [-0.1, -0.05) is 0 Å². The monoisotopic (exact) mass is 205 g/mol. The second-order valence-electron chi connectivity index (χ2n) is 0. The van der Waals surface area contributed by atoms with E-state index in [1.165, 1.54) is 0 Å². The molecule has 0 heterocycles. The largest absolute Gasteiger partial charge is 0 e. The summed E-state index contributed by atoms with van der Waals surface area (Å²) in [6.07, 6.45) is 0. The summed E-state index contributed by atoms with van der Waals surface area (Å²) in [6.45, 7) is 0. The van der Waals surface area contributed by atoms with Crippen LogP contribution in [-0.4, -0.2) is 23.1 Å². The Bertz CT molecular complexity index is 8.00. The summed E-state index contributed by atoms with van der Waals surface area (Å²) in [5, 5.41) is 0. The molecule has 0 fully saturated rings. The van der Waals surface area contributed by atoms with Crippen LogP contribution >= 0.6 is 0 Å². The van der Waals surface area contributed by atoms with Crippen LogP contribution in [0.3, 0.4) is 0 Å². The van der Waals surface area contributed by atoms with Crippen LogP contribution < -0.4 is 0 Å². The zero-order valence-corrected chi connectivity index (χ0v) is 8.47. The molecular formula is CoMgNiZn. The van der Waals surface area contributed by atoms with Crippen molar-refractivity contribution in [3.8, 4) is 0 Å². The summed E-state index contributed by atoms with van der Waals surface area (Å²) in [5.74, 6) is 0. The molecule has 0 aromatic rings. The standard InChI is InChI=1S/Co.Mg.Ni.Zn. The van der Waals surface area contributed by atoms with Gasteiger partial charge in [0.1, 0.15) is 0 Å². The molecule has 0 nitrogen and oxygen atoms in total. The van der Waals surface area contributed by atoms with Crippen molar-refractivity contribution in [3.63, 3.8) is 0 Å². The summed E-state index contributed by atoms with van der Waals surface area (Å²) >= 11 is 0. The summed E-state index contributed by atoms with van der Waals surface area (Å²) in [7, 11) is 0. The van der Waals surface area contributed by atoms with Gasteiger partial charge in [-0.15, -0.1) is 0 Å². The molecule has 0 unspecified atom stereocenters. The molecule has 0 aromatic heterocycles. The van der Waals surface area contributed by atoms with Crippen LogP contribution in [-0.2, 0) is 52.7 Å². The predicted octanol–water partition coefficient (Wildman–Crippen LogP) is -0.388. The van der Waals surface area contributed by atoms with Crippen LogP contribution in [0.15, 0.2) is 0 Å². The Labute approximate surface area is 74.9 Å². The third-order valence-electron chi connectivity index (χ3n) is 0. The van der Waals surface area contributed by atoms with E-state index in [0.29, 0.717) is 0 Å². The Kier molecular flexibility index (Phi) is 148. The van der Waals surface area contributed by atoms with E-state index in [0.717, 1.165) is 0 Å². The van der Waals surface area contributed by atoms with Crippen molar-refractivity contribution in [2.24, 2.45) is 0 Å². The Morgan fingerprint density at radius 2 is 1.00 bits per heavy atom. The SMILES string of the molecule is [Co].[Mg].[Ni].[Zn]. The fourth-order valence-corrected chi connectivity index (χ4v) is 0. The summed E-state index contributed by atoms with van der Waals surface area (Å²) < 4.78 is 0. The molecule has 3 radical (unpaired) electrons. The first-order valence-corrected chi connectivity index (χ1v) is 0. The van der Waals surface area contributed by atoms with Gasteiger partial charge >= 0.3 is 0 Å². The van der Waals surface area contributed by atoms with Gasteiger partial charge in [0.25, 0.3) is 0 Å². The normalized spacial score (nSPS) is 0. The topological polar surface area (TPSA) is 0 Å². The Balaban J connectivity index is 0. The maximum Gasteiger partial charge on any atom is 0 e. The molecule has 0 aliphatic carbocycles. The molecule has 0 saturated carbocycles. The number of rotatable bonds is 0. The summed E-state index contributed by atoms with van der Waals surface area (Å²) in [4.78, 5) is 0. The third-order valence-corrected chi connectivity index (χ3v) is 0. The summed E-state index contributed by atoms with van der Waals surface area (Å²) in [5.41, 5.74) is 0. The Hall–Kier alpha value is 2.39. The molecule has 0 N–H and O–H groups in total. The van der Waals surface area contributed by atoms with Gasteiger partial charge < -0.3 is 0 Å². The fourth-order valence-electron chi connectivity index (χ4n) is 0. The van der Waals surface area contributed by atoms with E-state index in [2.05, 4.69) is 0 Å². The Morgan fingerprint density at radius 3 is 1.00 bits per heavy atom. The first-order valence-electron chi connectivity index (χ1n) is 0. The molecule has 0 bridgehead atoms. The minimum absolute atomic E-state index is 0. The maximum atomic E-state index is 0. The first-order chi connectivity index (χ1) is 0. The maximum absolute atomic E-state index is 0. The molecule has 0 atom stereocenters. The second-order valence-corrected chi connectivity index (χ2v) is 0. The fraction of sp³-hybridized carbons (Fsp3) is 0. The molecule has 0 aliphatic rings. The minimum atomic E-state index is 0. The molecule has 0 aliphatic heterocycles. The van der Waals surface area contributed by atoms with Crippen molar-refractivity contribution >= 4 is 23.1 Å². The van der Waals surface area contributed by atoms with Crippen molar-refractivity contribution in [3.05, 3.63) is 0 Å². The van der Waals surface area contributed by atoms with E-state index in [4.69, 9.17) is 0 Å². The molecule has 23 valence electrons. The van der Waals surface area contributed by atoms with Crippen LogP contribution in [0, 0.1) is 0 Å². The van der Waals surface area contributed by atoms with Gasteiger partial charge in [0, 0.05) is 75.8 Å². The van der Waals surface area contributed by atoms with Gasteiger partial charge in [0.05, 0.1) is 0 Å². The number of hydrogen-bond acceptors (Lipinski definition) is 0. The van der Waals surface area contributed by atoms with Gasteiger partial charge in [0.2, 0.25) is 0 Å². The van der Waals surface area contributed by atoms with Crippen LogP contribution in [0.5, 0.6) is 0 Å². The van der Waals surface area contributed by atoms with Gasteiger partial charge in [-0.3, -0.25) is 0 Å². The third kappa shape index (κ3) is 8.83. The van der Waals surface area contributed by atoms with Crippen LogP contribution in [0.25, 0.3) is 0 Å². The number of hydrogen-bond donors (Lipinski definition) is 0. The molecule has 0 saturated heterocycles. The van der Waals surface area contributed by atoms with Crippen molar-refractivity contribution in [2.75, 3.05) is 0 Å². The van der Waals surface area contributed by atoms with Crippen molar-refractivity contribution in [1.29, 1.82) is 0 Å². The van der Waals surface area contributed by atoms with E-state index in [1.54, 1.807) is 0 Å². The molecule has 0 spiro atoms. The minimum Gasteiger partial charge on any atom is 0 e. The van der Waals surface area contributed by atoms with E-state index >= 15 is 0 Å². The first kappa shape index (κ1) is 32.5. The molecule has 0 rings (SSSR count). The van der Waals surface area contributed by atoms with Gasteiger partial charge in [-0.2, -0.15) is 0 Å². The predicted molar refractivity (Wildman–Crippen MR) is 5.75 cm³/mol. The van der Waals surface area contributed by atoms with Crippen LogP contribution in [0.1, 0.15) is 0 Å². The zero-order chi connectivity index (χ0) is 0. The second kappa shape index (κ2) is 18.2. The van der Waals surface area contributed by atoms with E-state index in [-0.39, 0.29) is 75.8 Å². The van der Waals surface area contributed by atoms with E-state index in [1.807, 2.05) is 0 Å². The van der Waals surface area contributed by atoms with Gasteiger partial charge in [0.15, 0.2) is 0 Å². The zero-order valence-electron chi connectivity index (χ0n) is 2.06. The van der Waals surface area contributed by atoms with E-state index in [9.17, 15) is 0 Å². The Morgan fingerprint density at radius 1 is 1.00 bits per heavy atom. The van der Waals surface area contributed by atoms with Gasteiger partial charge in [-0.05, 0) is 0 Å². The smallest absolute Gasteiger partial charge is 0 e. The molecule has 0 amide bonds. The van der Waals surface area contributed by atoms with E-state index < -0.39 is 0 Å². The molecule has 4 heavy (non-hydrogen) atoms. The van der Waals surface area contributed by atoms with Crippen molar-refractivity contribution in [2.45, 2.75) is 0 Å². The van der Waals surface area contributed by atoms with Crippen LogP contribution in [0.4, 0.5) is 0 Å². The average Bonchev–Trinajstić information content (AvgIpc) is 0. The molecular weight excluding hydrogens is 207 g/mol.